The predicted molar refractivity (Wildman–Crippen MR) is 37.9 cm³/mol. The molecule has 0 aromatic carbocycles. The Bertz CT molecular complexity index is 352. The van der Waals surface area contributed by atoms with Gasteiger partial charge in [-0.1, -0.05) is 5.16 Å². The van der Waals surface area contributed by atoms with E-state index in [4.69, 9.17) is 9.52 Å². The summed E-state index contributed by atoms with van der Waals surface area (Å²) in [6.07, 6.45) is 3.02. The van der Waals surface area contributed by atoms with Gasteiger partial charge in [-0.05, 0) is 6.07 Å². The van der Waals surface area contributed by atoms with E-state index in [9.17, 15) is 0 Å². The number of hydrogen-bond acceptors (Lipinski definition) is 5. The Labute approximate surface area is 67.6 Å². The van der Waals surface area contributed by atoms with Crippen LogP contribution in [0.2, 0.25) is 0 Å². The Hall–Kier alpha value is -1.62. The van der Waals surface area contributed by atoms with Crippen LogP contribution in [0.5, 0.6) is 0 Å². The molecule has 0 aliphatic carbocycles. The second-order valence-corrected chi connectivity index (χ2v) is 2.18. The molecule has 0 unspecified atom stereocenters. The minimum absolute atomic E-state index is 0.200. The average Bonchev–Trinajstić information content (AvgIpc) is 2.75. The van der Waals surface area contributed by atoms with Crippen molar-refractivity contribution in [3.63, 3.8) is 0 Å². The molecule has 62 valence electrons. The first-order valence-electron chi connectivity index (χ1n) is 3.36. The van der Waals surface area contributed by atoms with E-state index in [1.54, 1.807) is 6.07 Å². The monoisotopic (exact) mass is 166 g/mol. The molecule has 0 spiro atoms. The fourth-order valence-corrected chi connectivity index (χ4v) is 0.828. The van der Waals surface area contributed by atoms with Gasteiger partial charge in [0, 0.05) is 0 Å². The maximum atomic E-state index is 8.63. The van der Waals surface area contributed by atoms with Crippen LogP contribution in [0.25, 0.3) is 11.4 Å². The molecule has 5 nitrogen and oxygen atoms in total. The summed E-state index contributed by atoms with van der Waals surface area (Å²) in [5.41, 5.74) is 0.735. The summed E-state index contributed by atoms with van der Waals surface area (Å²) in [6.45, 7) is -0.245. The van der Waals surface area contributed by atoms with Gasteiger partial charge in [0.05, 0.1) is 11.8 Å². The van der Waals surface area contributed by atoms with Gasteiger partial charge < -0.3 is 14.0 Å². The van der Waals surface area contributed by atoms with Crippen LogP contribution in [0.15, 0.2) is 27.5 Å². The van der Waals surface area contributed by atoms with Crippen molar-refractivity contribution in [2.45, 2.75) is 6.61 Å². The molecule has 0 aliphatic rings. The molecule has 0 aliphatic heterocycles. The summed E-state index contributed by atoms with van der Waals surface area (Å²) in [5, 5.41) is 12.3. The third-order valence-corrected chi connectivity index (χ3v) is 1.38. The Morgan fingerprint density at radius 2 is 2.42 bits per heavy atom. The second-order valence-electron chi connectivity index (χ2n) is 2.18. The maximum Gasteiger partial charge on any atom is 0.252 e. The molecule has 12 heavy (non-hydrogen) atoms. The minimum Gasteiger partial charge on any atom is -0.472 e. The molecular weight excluding hydrogens is 160 g/mol. The summed E-state index contributed by atoms with van der Waals surface area (Å²) in [4.78, 5) is 3.88. The molecule has 0 fully saturated rings. The highest BCUT2D eigenvalue weighted by molar-refractivity contribution is 5.51. The molecular formula is C7H6N2O3. The molecule has 0 bridgehead atoms. The summed E-state index contributed by atoms with van der Waals surface area (Å²) in [5.74, 6) is 0.624. The largest absolute Gasteiger partial charge is 0.472 e. The van der Waals surface area contributed by atoms with E-state index in [0.717, 1.165) is 5.56 Å². The maximum absolute atomic E-state index is 8.63. The van der Waals surface area contributed by atoms with E-state index in [0.29, 0.717) is 5.82 Å². The van der Waals surface area contributed by atoms with Crippen molar-refractivity contribution in [3.8, 4) is 11.4 Å². The first-order valence-corrected chi connectivity index (χ1v) is 3.36. The normalized spacial score (nSPS) is 10.4. The lowest BCUT2D eigenvalue weighted by Gasteiger charge is -1.80. The zero-order valence-electron chi connectivity index (χ0n) is 6.10. The van der Waals surface area contributed by atoms with Gasteiger partial charge in [-0.15, -0.1) is 0 Å². The van der Waals surface area contributed by atoms with Crippen molar-refractivity contribution >= 4 is 0 Å². The van der Waals surface area contributed by atoms with Crippen molar-refractivity contribution in [1.29, 1.82) is 0 Å². The lowest BCUT2D eigenvalue weighted by atomic mass is 10.3. The molecule has 2 rings (SSSR count). The molecule has 0 saturated carbocycles. The predicted octanol–water partition coefficient (Wildman–Crippen LogP) is 0.822. The number of furan rings is 1. The van der Waals surface area contributed by atoms with Crippen LogP contribution in [0, 0.1) is 0 Å². The molecule has 1 N–H and O–H groups in total. The fourth-order valence-electron chi connectivity index (χ4n) is 0.828. The van der Waals surface area contributed by atoms with Crippen LogP contribution in [0.3, 0.4) is 0 Å². The molecule has 0 saturated heterocycles. The third-order valence-electron chi connectivity index (χ3n) is 1.38. The van der Waals surface area contributed by atoms with Crippen molar-refractivity contribution in [2.75, 3.05) is 0 Å². The van der Waals surface area contributed by atoms with Gasteiger partial charge >= 0.3 is 0 Å². The van der Waals surface area contributed by atoms with Crippen molar-refractivity contribution in [3.05, 3.63) is 24.5 Å². The zero-order chi connectivity index (χ0) is 8.39. The molecule has 0 radical (unpaired) electrons. The first kappa shape index (κ1) is 7.05. The molecule has 2 heterocycles. The number of aromatic nitrogens is 2. The van der Waals surface area contributed by atoms with Crippen LogP contribution < -0.4 is 0 Å². The highest BCUT2D eigenvalue weighted by Crippen LogP contribution is 2.15. The Balaban J connectivity index is 2.35. The van der Waals surface area contributed by atoms with Crippen LogP contribution >= 0.6 is 0 Å². The van der Waals surface area contributed by atoms with Gasteiger partial charge in [0.1, 0.15) is 12.9 Å². The summed E-state index contributed by atoms with van der Waals surface area (Å²) in [6, 6.07) is 1.71. The van der Waals surface area contributed by atoms with Gasteiger partial charge in [0.25, 0.3) is 5.89 Å². The molecule has 2 aromatic heterocycles. The van der Waals surface area contributed by atoms with Gasteiger partial charge in [0.2, 0.25) is 5.82 Å². The van der Waals surface area contributed by atoms with Gasteiger partial charge in [-0.25, -0.2) is 0 Å². The van der Waals surface area contributed by atoms with Crippen LogP contribution in [0.4, 0.5) is 0 Å². The Morgan fingerprint density at radius 1 is 1.50 bits per heavy atom. The van der Waals surface area contributed by atoms with E-state index >= 15 is 0 Å². The summed E-state index contributed by atoms with van der Waals surface area (Å²) < 4.78 is 9.51. The lowest BCUT2D eigenvalue weighted by molar-refractivity contribution is 0.222. The fraction of sp³-hybridized carbons (Fsp3) is 0.143. The standard InChI is InChI=1S/C7H6N2O3/c10-3-6-8-7(9-12-6)5-1-2-11-4-5/h1-2,4,10H,3H2. The first-order chi connectivity index (χ1) is 5.90. The van der Waals surface area contributed by atoms with Crippen molar-refractivity contribution in [2.24, 2.45) is 0 Å². The topological polar surface area (TPSA) is 72.3 Å². The quantitative estimate of drug-likeness (QED) is 0.715. The molecule has 5 heteroatoms. The molecule has 0 amide bonds. The Morgan fingerprint density at radius 3 is 3.00 bits per heavy atom. The van der Waals surface area contributed by atoms with Crippen molar-refractivity contribution in [1.82, 2.24) is 10.1 Å². The van der Waals surface area contributed by atoms with E-state index < -0.39 is 0 Å². The number of nitrogens with zero attached hydrogens (tertiary/aromatic N) is 2. The Kier molecular flexibility index (Phi) is 1.64. The molecule has 2 aromatic rings. The smallest absolute Gasteiger partial charge is 0.252 e. The number of rotatable bonds is 2. The number of hydrogen-bond donors (Lipinski definition) is 1. The zero-order valence-corrected chi connectivity index (χ0v) is 6.10. The van der Waals surface area contributed by atoms with Gasteiger partial charge in [0.15, 0.2) is 0 Å². The highest BCUT2D eigenvalue weighted by Gasteiger charge is 2.07. The van der Waals surface area contributed by atoms with Crippen LogP contribution in [-0.4, -0.2) is 15.2 Å². The lowest BCUT2D eigenvalue weighted by Crippen LogP contribution is -1.81. The number of aliphatic hydroxyl groups is 1. The van der Waals surface area contributed by atoms with E-state index in [1.165, 1.54) is 12.5 Å². The second kappa shape index (κ2) is 2.78. The molecule has 0 atom stereocenters. The van der Waals surface area contributed by atoms with E-state index in [1.807, 2.05) is 0 Å². The SMILES string of the molecule is OCc1nc(-c2ccoc2)no1. The minimum atomic E-state index is -0.245. The van der Waals surface area contributed by atoms with Crippen molar-refractivity contribution < 1.29 is 14.0 Å². The van der Waals surface area contributed by atoms with Crippen LogP contribution in [0.1, 0.15) is 5.89 Å². The van der Waals surface area contributed by atoms with Gasteiger partial charge in [-0.2, -0.15) is 4.98 Å². The number of aliphatic hydroxyl groups excluding tert-OH is 1. The highest BCUT2D eigenvalue weighted by atomic mass is 16.5. The van der Waals surface area contributed by atoms with E-state index in [2.05, 4.69) is 14.7 Å². The summed E-state index contributed by atoms with van der Waals surface area (Å²) in [7, 11) is 0. The van der Waals surface area contributed by atoms with Crippen LogP contribution in [-0.2, 0) is 6.61 Å². The third kappa shape index (κ3) is 1.10. The van der Waals surface area contributed by atoms with Gasteiger partial charge in [-0.3, -0.25) is 0 Å². The summed E-state index contributed by atoms with van der Waals surface area (Å²) >= 11 is 0. The van der Waals surface area contributed by atoms with E-state index in [-0.39, 0.29) is 12.5 Å². The average molecular weight is 166 g/mol.